The number of aryl methyl sites for hydroxylation is 1. The van der Waals surface area contributed by atoms with Gasteiger partial charge >= 0.3 is 5.69 Å². The third kappa shape index (κ3) is 4.02. The fourth-order valence-corrected chi connectivity index (χ4v) is 3.71. The number of benzene rings is 1. The summed E-state index contributed by atoms with van der Waals surface area (Å²) in [4.78, 5) is 41.4. The molecule has 0 saturated heterocycles. The molecule has 0 aliphatic carbocycles. The first-order valence-corrected chi connectivity index (χ1v) is 9.90. The van der Waals surface area contributed by atoms with E-state index >= 15 is 0 Å². The van der Waals surface area contributed by atoms with Crippen LogP contribution in [0, 0.1) is 0 Å². The van der Waals surface area contributed by atoms with E-state index in [4.69, 9.17) is 14.2 Å². The van der Waals surface area contributed by atoms with Gasteiger partial charge in [0, 0.05) is 20.6 Å². The van der Waals surface area contributed by atoms with Crippen molar-refractivity contribution < 1.29 is 19.0 Å². The Morgan fingerprint density at radius 2 is 1.68 bits per heavy atom. The van der Waals surface area contributed by atoms with Crippen LogP contribution in [0.25, 0.3) is 11.2 Å². The number of nitrogens with zero attached hydrogens (tertiary/aromatic N) is 4. The van der Waals surface area contributed by atoms with Crippen molar-refractivity contribution in [2.24, 2.45) is 14.1 Å². The number of carbonyl (C=O) groups excluding carboxylic acids is 1. The molecule has 1 aromatic carbocycles. The molecule has 0 unspecified atom stereocenters. The van der Waals surface area contributed by atoms with Crippen LogP contribution in [0.15, 0.2) is 26.5 Å². The molecule has 31 heavy (non-hydrogen) atoms. The second-order valence-corrected chi connectivity index (χ2v) is 7.36. The fraction of sp³-hybridized carbons (Fsp3) is 0.368. The molecule has 0 bridgehead atoms. The third-order valence-corrected chi connectivity index (χ3v) is 5.41. The van der Waals surface area contributed by atoms with E-state index in [0.29, 0.717) is 17.2 Å². The van der Waals surface area contributed by atoms with Crippen LogP contribution in [-0.2, 0) is 32.0 Å². The standard InChI is InChI=1S/C19H22BrN5O6/c1-23-16-14(17(27)24(2)19(23)28)22-18(20)25(16)9-13(26)21-8-10-6-11(29-3)15(31-5)12(7-10)30-4/h6-7H,8-9H2,1-5H3,(H,21,26). The van der Waals surface area contributed by atoms with Crippen molar-refractivity contribution in [2.75, 3.05) is 21.3 Å². The van der Waals surface area contributed by atoms with Gasteiger partial charge in [0.25, 0.3) is 5.56 Å². The molecule has 1 N–H and O–H groups in total. The van der Waals surface area contributed by atoms with Gasteiger partial charge in [-0.25, -0.2) is 9.78 Å². The van der Waals surface area contributed by atoms with E-state index < -0.39 is 11.2 Å². The third-order valence-electron chi connectivity index (χ3n) is 4.81. The molecule has 3 aromatic rings. The molecule has 0 spiro atoms. The monoisotopic (exact) mass is 495 g/mol. The predicted octanol–water partition coefficient (Wildman–Crippen LogP) is 0.538. The maximum absolute atomic E-state index is 12.6. The molecule has 0 aliphatic rings. The molecule has 0 atom stereocenters. The number of amides is 1. The van der Waals surface area contributed by atoms with Crippen LogP contribution in [0.2, 0.25) is 0 Å². The Morgan fingerprint density at radius 1 is 1.06 bits per heavy atom. The molecular formula is C19H22BrN5O6. The van der Waals surface area contributed by atoms with Crippen molar-refractivity contribution in [1.29, 1.82) is 0 Å². The zero-order chi connectivity index (χ0) is 22.9. The molecule has 166 valence electrons. The van der Waals surface area contributed by atoms with Gasteiger partial charge in [0.05, 0.1) is 21.3 Å². The zero-order valence-electron chi connectivity index (χ0n) is 17.7. The lowest BCUT2D eigenvalue weighted by atomic mass is 10.1. The summed E-state index contributed by atoms with van der Waals surface area (Å²) in [5, 5.41) is 2.80. The summed E-state index contributed by atoms with van der Waals surface area (Å²) in [5.74, 6) is 1.05. The number of imidazole rings is 1. The van der Waals surface area contributed by atoms with Crippen LogP contribution in [0.4, 0.5) is 0 Å². The predicted molar refractivity (Wildman–Crippen MR) is 116 cm³/mol. The number of carbonyl (C=O) groups is 1. The fourth-order valence-electron chi connectivity index (χ4n) is 3.24. The van der Waals surface area contributed by atoms with E-state index in [1.54, 1.807) is 12.1 Å². The van der Waals surface area contributed by atoms with Crippen LogP contribution < -0.4 is 30.8 Å². The molecular weight excluding hydrogens is 474 g/mol. The van der Waals surface area contributed by atoms with Crippen molar-refractivity contribution in [2.45, 2.75) is 13.1 Å². The average molecular weight is 496 g/mol. The van der Waals surface area contributed by atoms with Gasteiger partial charge in [0.15, 0.2) is 27.4 Å². The van der Waals surface area contributed by atoms with Gasteiger partial charge in [-0.15, -0.1) is 0 Å². The second-order valence-electron chi connectivity index (χ2n) is 6.66. The van der Waals surface area contributed by atoms with Crippen LogP contribution >= 0.6 is 15.9 Å². The van der Waals surface area contributed by atoms with Crippen molar-refractivity contribution in [1.82, 2.24) is 24.0 Å². The number of fused-ring (bicyclic) bond motifs is 1. The highest BCUT2D eigenvalue weighted by Gasteiger charge is 2.20. The molecule has 0 saturated carbocycles. The second kappa shape index (κ2) is 8.84. The van der Waals surface area contributed by atoms with Crippen molar-refractivity contribution in [3.8, 4) is 17.2 Å². The summed E-state index contributed by atoms with van der Waals surface area (Å²) in [6.07, 6.45) is 0. The van der Waals surface area contributed by atoms with Crippen LogP contribution in [0.3, 0.4) is 0 Å². The van der Waals surface area contributed by atoms with Gasteiger partial charge in [-0.1, -0.05) is 0 Å². The maximum Gasteiger partial charge on any atom is 0.332 e. The Balaban J connectivity index is 1.86. The molecule has 0 radical (unpaired) electrons. The SMILES string of the molecule is COc1cc(CNC(=O)Cn2c(Br)nc3c(=O)n(C)c(=O)n(C)c32)cc(OC)c1OC. The lowest BCUT2D eigenvalue weighted by molar-refractivity contribution is -0.121. The van der Waals surface area contributed by atoms with Gasteiger partial charge < -0.3 is 19.5 Å². The number of aromatic nitrogens is 4. The highest BCUT2D eigenvalue weighted by Crippen LogP contribution is 2.38. The van der Waals surface area contributed by atoms with Gasteiger partial charge in [0.1, 0.15) is 6.54 Å². The van der Waals surface area contributed by atoms with Crippen LogP contribution in [0.1, 0.15) is 5.56 Å². The molecule has 1 amide bonds. The Hall–Kier alpha value is -3.28. The summed E-state index contributed by atoms with van der Waals surface area (Å²) in [7, 11) is 7.42. The Kier molecular flexibility index (Phi) is 6.39. The maximum atomic E-state index is 12.6. The van der Waals surface area contributed by atoms with Gasteiger partial charge in [-0.2, -0.15) is 0 Å². The highest BCUT2D eigenvalue weighted by atomic mass is 79.9. The number of ether oxygens (including phenoxy) is 3. The van der Waals surface area contributed by atoms with Crippen LogP contribution in [0.5, 0.6) is 17.2 Å². The van der Waals surface area contributed by atoms with E-state index in [2.05, 4.69) is 26.2 Å². The van der Waals surface area contributed by atoms with Crippen molar-refractivity contribution in [3.63, 3.8) is 0 Å². The summed E-state index contributed by atoms with van der Waals surface area (Å²) in [6, 6.07) is 3.47. The number of halogens is 1. The quantitative estimate of drug-likeness (QED) is 0.475. The first-order chi connectivity index (χ1) is 14.7. The summed E-state index contributed by atoms with van der Waals surface area (Å²) in [6.45, 7) is 0.0441. The number of hydrogen-bond acceptors (Lipinski definition) is 7. The average Bonchev–Trinajstić information content (AvgIpc) is 3.09. The smallest absolute Gasteiger partial charge is 0.332 e. The molecule has 12 heteroatoms. The van der Waals surface area contributed by atoms with Crippen molar-refractivity contribution in [3.05, 3.63) is 43.3 Å². The molecule has 2 aromatic heterocycles. The Morgan fingerprint density at radius 3 is 2.23 bits per heavy atom. The minimum atomic E-state index is -0.532. The van der Waals surface area contributed by atoms with E-state index in [0.717, 1.165) is 10.1 Å². The highest BCUT2D eigenvalue weighted by molar-refractivity contribution is 9.10. The van der Waals surface area contributed by atoms with Gasteiger partial charge in [0.2, 0.25) is 11.7 Å². The normalized spacial score (nSPS) is 10.9. The Labute approximate surface area is 185 Å². The van der Waals surface area contributed by atoms with E-state index in [9.17, 15) is 14.4 Å². The number of methoxy groups -OCH3 is 3. The molecule has 3 rings (SSSR count). The Bertz CT molecular complexity index is 1250. The molecule has 2 heterocycles. The van der Waals surface area contributed by atoms with Gasteiger partial charge in [-0.05, 0) is 33.6 Å². The number of rotatable bonds is 7. The first-order valence-electron chi connectivity index (χ1n) is 9.10. The van der Waals surface area contributed by atoms with E-state index in [-0.39, 0.29) is 34.9 Å². The topological polar surface area (TPSA) is 119 Å². The summed E-state index contributed by atoms with van der Waals surface area (Å²) in [5.41, 5.74) is 0.0369. The lowest BCUT2D eigenvalue weighted by Crippen LogP contribution is -2.38. The molecule has 11 nitrogen and oxygen atoms in total. The van der Waals surface area contributed by atoms with E-state index in [1.807, 2.05) is 0 Å². The lowest BCUT2D eigenvalue weighted by Gasteiger charge is -2.15. The van der Waals surface area contributed by atoms with Crippen molar-refractivity contribution >= 4 is 33.0 Å². The minimum Gasteiger partial charge on any atom is -0.493 e. The van der Waals surface area contributed by atoms with Gasteiger partial charge in [-0.3, -0.25) is 23.3 Å². The first kappa shape index (κ1) is 22.4. The number of hydrogen-bond donors (Lipinski definition) is 1. The summed E-state index contributed by atoms with van der Waals surface area (Å²) < 4.78 is 19.9. The number of nitrogens with one attached hydrogen (secondary N) is 1. The summed E-state index contributed by atoms with van der Waals surface area (Å²) >= 11 is 3.27. The molecule has 0 aliphatic heterocycles. The van der Waals surface area contributed by atoms with Crippen LogP contribution in [-0.4, -0.2) is 45.9 Å². The minimum absolute atomic E-state index is 0.0916. The molecule has 0 fully saturated rings. The largest absolute Gasteiger partial charge is 0.493 e. The zero-order valence-corrected chi connectivity index (χ0v) is 19.3. The van der Waals surface area contributed by atoms with E-state index in [1.165, 1.54) is 44.6 Å².